The molecular formula is C26H28ClFN4O3. The van der Waals surface area contributed by atoms with Crippen LogP contribution in [0.1, 0.15) is 55.7 Å². The fraction of sp³-hybridized carbons (Fsp3) is 0.385. The van der Waals surface area contributed by atoms with Crippen LogP contribution in [0.4, 0.5) is 4.39 Å². The predicted molar refractivity (Wildman–Crippen MR) is 133 cm³/mol. The first kappa shape index (κ1) is 23.6. The Labute approximate surface area is 207 Å². The molecule has 4 aromatic rings. The van der Waals surface area contributed by atoms with Gasteiger partial charge in [0.1, 0.15) is 17.2 Å². The van der Waals surface area contributed by atoms with Crippen molar-refractivity contribution in [1.29, 1.82) is 0 Å². The summed E-state index contributed by atoms with van der Waals surface area (Å²) in [5.41, 5.74) is 3.93. The Kier molecular flexibility index (Phi) is 6.42. The number of aliphatic hydroxyl groups excluding tert-OH is 1. The lowest BCUT2D eigenvalue weighted by molar-refractivity contribution is 0.107. The molecule has 1 aromatic carbocycles. The van der Waals surface area contributed by atoms with Crippen LogP contribution in [0.15, 0.2) is 36.8 Å². The summed E-state index contributed by atoms with van der Waals surface area (Å²) in [4.78, 5) is 7.84. The smallest absolute Gasteiger partial charge is 0.240 e. The van der Waals surface area contributed by atoms with Gasteiger partial charge in [0.25, 0.3) is 0 Å². The van der Waals surface area contributed by atoms with E-state index in [0.717, 1.165) is 53.4 Å². The topological polar surface area (TPSA) is 85.2 Å². The Balaban J connectivity index is 1.55. The second-order valence-electron chi connectivity index (χ2n) is 9.06. The molecule has 1 fully saturated rings. The van der Waals surface area contributed by atoms with Crippen LogP contribution in [0.25, 0.3) is 22.2 Å². The van der Waals surface area contributed by atoms with Gasteiger partial charge in [-0.1, -0.05) is 18.5 Å². The highest BCUT2D eigenvalue weighted by molar-refractivity contribution is 6.31. The van der Waals surface area contributed by atoms with E-state index in [1.54, 1.807) is 26.5 Å². The van der Waals surface area contributed by atoms with Crippen LogP contribution in [0.5, 0.6) is 11.6 Å². The zero-order chi connectivity index (χ0) is 24.7. The van der Waals surface area contributed by atoms with Gasteiger partial charge in [0.15, 0.2) is 0 Å². The minimum absolute atomic E-state index is 0.0517. The molecule has 3 heterocycles. The number of fused-ring (bicyclic) bond motifs is 1. The normalized spacial score (nSPS) is 19.1. The number of methoxy groups -OCH3 is 2. The summed E-state index contributed by atoms with van der Waals surface area (Å²) in [7, 11) is 3.15. The van der Waals surface area contributed by atoms with Crippen LogP contribution in [-0.2, 0) is 0 Å². The van der Waals surface area contributed by atoms with Gasteiger partial charge in [-0.05, 0) is 49.4 Å². The standard InChI is InChI=1S/C26H28ClFN4O3/c1-14(23-22(34-2)9-8-21(28)24(23)27)19-12-30-25-18(19)10-15(11-29-25)20-13-32(31-26(20)35-3)16-4-6-17(33)7-5-16/h8-14,16-17,33H,4-7H2,1-3H3,(H,29,30)/t14-,16?,17?/m0/s1. The van der Waals surface area contributed by atoms with Crippen molar-refractivity contribution >= 4 is 22.6 Å². The molecule has 0 unspecified atom stereocenters. The number of hydrogen-bond acceptors (Lipinski definition) is 5. The fourth-order valence-corrected chi connectivity index (χ4v) is 5.37. The van der Waals surface area contributed by atoms with Crippen LogP contribution in [0, 0.1) is 5.82 Å². The van der Waals surface area contributed by atoms with Gasteiger partial charge in [0.2, 0.25) is 5.88 Å². The van der Waals surface area contributed by atoms with Crippen molar-refractivity contribution in [3.05, 3.63) is 58.8 Å². The predicted octanol–water partition coefficient (Wildman–Crippen LogP) is 5.86. The number of H-pyrrole nitrogens is 1. The highest BCUT2D eigenvalue weighted by Gasteiger charge is 2.25. The molecule has 1 aliphatic carbocycles. The molecule has 3 aromatic heterocycles. The second-order valence-corrected chi connectivity index (χ2v) is 9.44. The Morgan fingerprint density at radius 2 is 1.97 bits per heavy atom. The first-order valence-electron chi connectivity index (χ1n) is 11.7. The number of pyridine rings is 1. The van der Waals surface area contributed by atoms with Gasteiger partial charge < -0.3 is 19.6 Å². The first-order chi connectivity index (χ1) is 16.9. The molecule has 2 N–H and O–H groups in total. The summed E-state index contributed by atoms with van der Waals surface area (Å²) in [6.45, 7) is 1.97. The van der Waals surface area contributed by atoms with Crippen molar-refractivity contribution in [2.75, 3.05) is 14.2 Å². The van der Waals surface area contributed by atoms with Crippen LogP contribution in [-0.4, -0.2) is 45.2 Å². The summed E-state index contributed by atoms with van der Waals surface area (Å²) in [5.74, 6) is 0.317. The van der Waals surface area contributed by atoms with Gasteiger partial charge >= 0.3 is 0 Å². The minimum atomic E-state index is -0.486. The van der Waals surface area contributed by atoms with E-state index in [2.05, 4.69) is 15.1 Å². The number of halogens is 2. The zero-order valence-corrected chi connectivity index (χ0v) is 20.6. The minimum Gasteiger partial charge on any atom is -0.496 e. The lowest BCUT2D eigenvalue weighted by Gasteiger charge is -2.25. The van der Waals surface area contributed by atoms with Crippen molar-refractivity contribution in [1.82, 2.24) is 19.7 Å². The number of nitrogens with one attached hydrogen (secondary N) is 1. The monoisotopic (exact) mass is 498 g/mol. The number of ether oxygens (including phenoxy) is 2. The van der Waals surface area contributed by atoms with E-state index in [9.17, 15) is 9.50 Å². The van der Waals surface area contributed by atoms with Crippen molar-refractivity contribution in [3.8, 4) is 22.8 Å². The van der Waals surface area contributed by atoms with E-state index >= 15 is 0 Å². The molecular weight excluding hydrogens is 471 g/mol. The Morgan fingerprint density at radius 3 is 2.69 bits per heavy atom. The quantitative estimate of drug-likeness (QED) is 0.347. The second kappa shape index (κ2) is 9.51. The van der Waals surface area contributed by atoms with Crippen molar-refractivity contribution in [2.45, 2.75) is 50.7 Å². The Hall–Kier alpha value is -3.10. The van der Waals surface area contributed by atoms with E-state index in [4.69, 9.17) is 21.1 Å². The van der Waals surface area contributed by atoms with E-state index in [0.29, 0.717) is 17.2 Å². The summed E-state index contributed by atoms with van der Waals surface area (Å²) in [6.07, 6.45) is 8.72. The molecule has 35 heavy (non-hydrogen) atoms. The number of aromatic nitrogens is 4. The third-order valence-corrected chi connectivity index (χ3v) is 7.40. The molecule has 0 saturated heterocycles. The van der Waals surface area contributed by atoms with E-state index in [-0.39, 0.29) is 23.1 Å². The number of rotatable bonds is 6. The third kappa shape index (κ3) is 4.25. The largest absolute Gasteiger partial charge is 0.496 e. The number of nitrogens with zero attached hydrogens (tertiary/aromatic N) is 3. The first-order valence-corrected chi connectivity index (χ1v) is 12.1. The summed E-state index contributed by atoms with van der Waals surface area (Å²) in [5, 5.41) is 15.5. The van der Waals surface area contributed by atoms with Gasteiger partial charge in [-0.3, -0.25) is 4.68 Å². The SMILES string of the molecule is COc1ccc(F)c(Cl)c1[C@@H](C)c1c[nH]c2ncc(-c3cn(C4CCC(O)CC4)nc3OC)cc12. The maximum Gasteiger partial charge on any atom is 0.240 e. The number of benzene rings is 1. The van der Waals surface area contributed by atoms with Crippen LogP contribution < -0.4 is 9.47 Å². The molecule has 7 nitrogen and oxygen atoms in total. The molecule has 1 saturated carbocycles. The lowest BCUT2D eigenvalue weighted by Crippen LogP contribution is -2.21. The van der Waals surface area contributed by atoms with Gasteiger partial charge in [-0.25, -0.2) is 9.37 Å². The van der Waals surface area contributed by atoms with E-state index in [1.165, 1.54) is 6.07 Å². The van der Waals surface area contributed by atoms with Crippen molar-refractivity contribution in [2.24, 2.45) is 0 Å². The van der Waals surface area contributed by atoms with Gasteiger partial charge in [-0.15, -0.1) is 5.10 Å². The molecule has 184 valence electrons. The molecule has 1 atom stereocenters. The van der Waals surface area contributed by atoms with Crippen LogP contribution in [0.2, 0.25) is 5.02 Å². The maximum absolute atomic E-state index is 14.3. The third-order valence-electron chi connectivity index (χ3n) is 7.02. The lowest BCUT2D eigenvalue weighted by atomic mass is 9.91. The Bertz CT molecular complexity index is 1360. The summed E-state index contributed by atoms with van der Waals surface area (Å²) < 4.78 is 27.3. The molecule has 5 rings (SSSR count). The Morgan fingerprint density at radius 1 is 1.20 bits per heavy atom. The van der Waals surface area contributed by atoms with Crippen molar-refractivity contribution in [3.63, 3.8) is 0 Å². The fourth-order valence-electron chi connectivity index (χ4n) is 5.05. The maximum atomic E-state index is 14.3. The van der Waals surface area contributed by atoms with E-state index < -0.39 is 5.82 Å². The molecule has 0 radical (unpaired) electrons. The molecule has 0 spiro atoms. The highest BCUT2D eigenvalue weighted by Crippen LogP contribution is 2.41. The number of aliphatic hydroxyl groups is 1. The van der Waals surface area contributed by atoms with Gasteiger partial charge in [0.05, 0.1) is 37.0 Å². The molecule has 9 heteroatoms. The highest BCUT2D eigenvalue weighted by atomic mass is 35.5. The zero-order valence-electron chi connectivity index (χ0n) is 19.9. The van der Waals surface area contributed by atoms with Crippen LogP contribution >= 0.6 is 11.6 Å². The number of aromatic amines is 1. The van der Waals surface area contributed by atoms with Gasteiger partial charge in [-0.2, -0.15) is 0 Å². The van der Waals surface area contributed by atoms with Crippen molar-refractivity contribution < 1.29 is 19.0 Å². The molecule has 0 amide bonds. The van der Waals surface area contributed by atoms with E-state index in [1.807, 2.05) is 30.1 Å². The molecule has 0 aliphatic heterocycles. The summed E-state index contributed by atoms with van der Waals surface area (Å²) >= 11 is 6.37. The summed E-state index contributed by atoms with van der Waals surface area (Å²) in [6, 6.07) is 5.17. The number of hydrogen-bond donors (Lipinski definition) is 2. The average Bonchev–Trinajstić information content (AvgIpc) is 3.49. The van der Waals surface area contributed by atoms with Gasteiger partial charge in [0, 0.05) is 41.0 Å². The molecule has 0 bridgehead atoms. The molecule has 1 aliphatic rings. The average molecular weight is 499 g/mol. The van der Waals surface area contributed by atoms with Crippen LogP contribution in [0.3, 0.4) is 0 Å².